The van der Waals surface area contributed by atoms with Gasteiger partial charge in [-0.2, -0.15) is 0 Å². The monoisotopic (exact) mass is 246 g/mol. The van der Waals surface area contributed by atoms with Crippen LogP contribution in [0.15, 0.2) is 34.9 Å². The van der Waals surface area contributed by atoms with Crippen molar-refractivity contribution in [3.05, 3.63) is 34.9 Å². The molecule has 0 unspecified atom stereocenters. The third-order valence-electron chi connectivity index (χ3n) is 3.72. The molecule has 1 heteroatoms. The summed E-state index contributed by atoms with van der Waals surface area (Å²) in [5.41, 5.74) is 4.06. The number of carbonyl (C=O) groups is 1. The first-order valence-electron chi connectivity index (χ1n) is 6.99. The summed E-state index contributed by atoms with van der Waals surface area (Å²) in [7, 11) is 0. The lowest BCUT2D eigenvalue weighted by Crippen LogP contribution is -2.13. The minimum atomic E-state index is 0.0887. The van der Waals surface area contributed by atoms with Gasteiger partial charge in [0.1, 0.15) is 5.78 Å². The fourth-order valence-corrected chi connectivity index (χ4v) is 2.46. The van der Waals surface area contributed by atoms with Crippen molar-refractivity contribution in [2.24, 2.45) is 5.92 Å². The Morgan fingerprint density at radius 3 is 2.28 bits per heavy atom. The van der Waals surface area contributed by atoms with E-state index < -0.39 is 0 Å². The van der Waals surface area contributed by atoms with Crippen molar-refractivity contribution in [2.45, 2.75) is 59.8 Å². The lowest BCUT2D eigenvalue weighted by Gasteiger charge is -2.16. The van der Waals surface area contributed by atoms with Gasteiger partial charge in [-0.15, -0.1) is 0 Å². The molecule has 0 aromatic rings. The van der Waals surface area contributed by atoms with Gasteiger partial charge in [-0.25, -0.2) is 0 Å². The first-order valence-corrected chi connectivity index (χ1v) is 6.99. The average molecular weight is 246 g/mol. The Labute approximate surface area is 112 Å². The number of hydrogen-bond acceptors (Lipinski definition) is 1. The summed E-state index contributed by atoms with van der Waals surface area (Å²) in [5, 5.41) is 0. The Morgan fingerprint density at radius 1 is 1.00 bits per heavy atom. The van der Waals surface area contributed by atoms with E-state index >= 15 is 0 Å². The Hall–Kier alpha value is -1.11. The van der Waals surface area contributed by atoms with E-state index in [1.54, 1.807) is 6.92 Å². The van der Waals surface area contributed by atoms with E-state index in [1.165, 1.54) is 16.7 Å². The molecule has 1 atom stereocenters. The molecule has 0 heterocycles. The maximum absolute atomic E-state index is 11.7. The van der Waals surface area contributed by atoms with Crippen molar-refractivity contribution in [1.29, 1.82) is 0 Å². The smallest absolute Gasteiger partial charge is 0.137 e. The third kappa shape index (κ3) is 5.03. The normalized spacial score (nSPS) is 31.8. The SMILES string of the molecule is CC(=O)[C@@H]1C/C(C)=C/CC/C(C)=C/CC/C=C/1C. The molecule has 100 valence electrons. The highest BCUT2D eigenvalue weighted by Crippen LogP contribution is 2.23. The van der Waals surface area contributed by atoms with Crippen LogP contribution in [0.4, 0.5) is 0 Å². The van der Waals surface area contributed by atoms with E-state index in [2.05, 4.69) is 39.0 Å². The van der Waals surface area contributed by atoms with Gasteiger partial charge >= 0.3 is 0 Å². The third-order valence-corrected chi connectivity index (χ3v) is 3.72. The number of hydrogen-bond donors (Lipinski definition) is 0. The van der Waals surface area contributed by atoms with Crippen LogP contribution in [0.5, 0.6) is 0 Å². The zero-order valence-electron chi connectivity index (χ0n) is 12.3. The van der Waals surface area contributed by atoms with E-state index in [-0.39, 0.29) is 5.92 Å². The number of Topliss-reactive ketones (excluding diaryl/α,β-unsaturated/α-hetero) is 1. The van der Waals surface area contributed by atoms with Crippen molar-refractivity contribution in [2.75, 3.05) is 0 Å². The molecular weight excluding hydrogens is 220 g/mol. The van der Waals surface area contributed by atoms with Gasteiger partial charge in [-0.05, 0) is 59.8 Å². The largest absolute Gasteiger partial charge is 0.299 e. The van der Waals surface area contributed by atoms with Crippen molar-refractivity contribution in [3.63, 3.8) is 0 Å². The molecule has 0 N–H and O–H groups in total. The van der Waals surface area contributed by atoms with E-state index in [9.17, 15) is 4.79 Å². The number of rotatable bonds is 1. The topological polar surface area (TPSA) is 17.1 Å². The minimum absolute atomic E-state index is 0.0887. The summed E-state index contributed by atoms with van der Waals surface area (Å²) in [5.74, 6) is 0.381. The Bertz CT molecular complexity index is 382. The Kier molecular flexibility index (Phi) is 6.11. The van der Waals surface area contributed by atoms with Gasteiger partial charge in [0.2, 0.25) is 0 Å². The molecular formula is C17H26O. The van der Waals surface area contributed by atoms with Gasteiger partial charge in [0.25, 0.3) is 0 Å². The molecule has 1 aliphatic rings. The molecule has 0 amide bonds. The minimum Gasteiger partial charge on any atom is -0.299 e. The second kappa shape index (κ2) is 7.35. The second-order valence-electron chi connectivity index (χ2n) is 5.53. The summed E-state index contributed by atoms with van der Waals surface area (Å²) in [6.07, 6.45) is 12.1. The first kappa shape index (κ1) is 14.9. The lowest BCUT2D eigenvalue weighted by molar-refractivity contribution is -0.119. The summed E-state index contributed by atoms with van der Waals surface area (Å²) < 4.78 is 0. The molecule has 1 nitrogen and oxygen atoms in total. The second-order valence-corrected chi connectivity index (χ2v) is 5.53. The first-order chi connectivity index (χ1) is 8.50. The molecule has 0 bridgehead atoms. The molecule has 18 heavy (non-hydrogen) atoms. The quantitative estimate of drug-likeness (QED) is 0.595. The van der Waals surface area contributed by atoms with Crippen LogP contribution >= 0.6 is 0 Å². The number of ketones is 1. The molecule has 0 spiro atoms. The molecule has 0 aromatic carbocycles. The van der Waals surface area contributed by atoms with E-state index in [1.807, 2.05) is 0 Å². The van der Waals surface area contributed by atoms with Gasteiger partial charge < -0.3 is 0 Å². The highest BCUT2D eigenvalue weighted by atomic mass is 16.1. The predicted molar refractivity (Wildman–Crippen MR) is 78.5 cm³/mol. The van der Waals surface area contributed by atoms with Gasteiger partial charge in [0.05, 0.1) is 0 Å². The fraction of sp³-hybridized carbons (Fsp3) is 0.588. The zero-order valence-corrected chi connectivity index (χ0v) is 12.3. The lowest BCUT2D eigenvalue weighted by atomic mass is 9.88. The maximum Gasteiger partial charge on any atom is 0.137 e. The highest BCUT2D eigenvalue weighted by molar-refractivity contribution is 5.81. The van der Waals surface area contributed by atoms with Crippen molar-refractivity contribution in [1.82, 2.24) is 0 Å². The highest BCUT2D eigenvalue weighted by Gasteiger charge is 2.16. The van der Waals surface area contributed by atoms with Crippen LogP contribution in [0.2, 0.25) is 0 Å². The van der Waals surface area contributed by atoms with Gasteiger partial charge in [0, 0.05) is 5.92 Å². The molecule has 1 aliphatic carbocycles. The van der Waals surface area contributed by atoms with E-state index in [4.69, 9.17) is 0 Å². The summed E-state index contributed by atoms with van der Waals surface area (Å²) in [6.45, 7) is 8.17. The van der Waals surface area contributed by atoms with Crippen LogP contribution < -0.4 is 0 Å². The van der Waals surface area contributed by atoms with Crippen molar-refractivity contribution in [3.8, 4) is 0 Å². The van der Waals surface area contributed by atoms with Crippen molar-refractivity contribution < 1.29 is 4.79 Å². The average Bonchev–Trinajstić information content (AvgIpc) is 2.29. The molecule has 0 aromatic heterocycles. The van der Waals surface area contributed by atoms with E-state index in [0.717, 1.165) is 32.1 Å². The molecule has 0 fully saturated rings. The standard InChI is InChI=1S/C17H26O/c1-13-8-5-6-11-15(3)17(16(4)18)12-14(2)10-7-9-13/h8,10-11,17H,5-7,9,12H2,1-4H3/b13-8+,14-10+,15-11+/t17-/m1/s1. The van der Waals surface area contributed by atoms with Crippen LogP contribution in [0.1, 0.15) is 59.8 Å². The molecule has 0 saturated carbocycles. The van der Waals surface area contributed by atoms with Crippen LogP contribution in [0, 0.1) is 5.92 Å². The number of carbonyl (C=O) groups excluding carboxylic acids is 1. The Morgan fingerprint density at radius 2 is 1.61 bits per heavy atom. The maximum atomic E-state index is 11.7. The van der Waals surface area contributed by atoms with Gasteiger partial charge in [-0.3, -0.25) is 4.79 Å². The van der Waals surface area contributed by atoms with Crippen LogP contribution in [-0.4, -0.2) is 5.78 Å². The number of allylic oxidation sites excluding steroid dienone is 6. The molecule has 0 saturated heterocycles. The summed E-state index contributed by atoms with van der Waals surface area (Å²) >= 11 is 0. The Balaban J connectivity index is 2.90. The zero-order chi connectivity index (χ0) is 13.5. The van der Waals surface area contributed by atoms with Gasteiger partial charge in [0.15, 0.2) is 0 Å². The molecule has 0 radical (unpaired) electrons. The fourth-order valence-electron chi connectivity index (χ4n) is 2.46. The molecule has 0 aliphatic heterocycles. The van der Waals surface area contributed by atoms with Gasteiger partial charge in [-0.1, -0.05) is 34.9 Å². The van der Waals surface area contributed by atoms with Crippen molar-refractivity contribution >= 4 is 5.78 Å². The summed E-state index contributed by atoms with van der Waals surface area (Å²) in [4.78, 5) is 11.7. The predicted octanol–water partition coefficient (Wildman–Crippen LogP) is 4.99. The van der Waals surface area contributed by atoms with Crippen LogP contribution in [0.25, 0.3) is 0 Å². The molecule has 1 rings (SSSR count). The summed E-state index contributed by atoms with van der Waals surface area (Å²) in [6, 6.07) is 0. The van der Waals surface area contributed by atoms with E-state index in [0.29, 0.717) is 5.78 Å². The van der Waals surface area contributed by atoms with Crippen LogP contribution in [-0.2, 0) is 4.79 Å². The van der Waals surface area contributed by atoms with Crippen LogP contribution in [0.3, 0.4) is 0 Å².